The first kappa shape index (κ1) is 29.1. The van der Waals surface area contributed by atoms with Crippen molar-refractivity contribution in [3.05, 3.63) is 59.4 Å². The fraction of sp³-hybridized carbons (Fsp3) is 0.467. The molecule has 0 aliphatic heterocycles. The van der Waals surface area contributed by atoms with Gasteiger partial charge in [-0.15, -0.1) is 0 Å². The van der Waals surface area contributed by atoms with E-state index in [9.17, 15) is 9.59 Å². The quantitative estimate of drug-likeness (QED) is 0.247. The van der Waals surface area contributed by atoms with Crippen molar-refractivity contribution in [1.29, 1.82) is 0 Å². The number of hydrogen-bond acceptors (Lipinski definition) is 10. The Morgan fingerprint density at radius 2 is 1.12 bits per heavy atom. The Morgan fingerprint density at radius 3 is 1.57 bits per heavy atom. The Hall–Kier alpha value is -3.92. The van der Waals surface area contributed by atoms with Gasteiger partial charge in [-0.2, -0.15) is 4.89 Å². The van der Waals surface area contributed by atoms with Crippen LogP contribution >= 0.6 is 0 Å². The molecule has 0 amide bonds. The van der Waals surface area contributed by atoms with Crippen LogP contribution in [0.25, 0.3) is 0 Å². The van der Waals surface area contributed by atoms with Crippen LogP contribution in [0.2, 0.25) is 0 Å². The molecule has 2 aliphatic rings. The van der Waals surface area contributed by atoms with E-state index in [-0.39, 0.29) is 11.7 Å². The van der Waals surface area contributed by atoms with E-state index >= 15 is 0 Å². The lowest BCUT2D eigenvalue weighted by Crippen LogP contribution is -2.28. The van der Waals surface area contributed by atoms with Gasteiger partial charge in [0.2, 0.25) is 0 Å². The summed E-state index contributed by atoms with van der Waals surface area (Å²) < 4.78 is 20.8. The van der Waals surface area contributed by atoms with E-state index < -0.39 is 11.9 Å². The molecule has 40 heavy (non-hydrogen) atoms. The van der Waals surface area contributed by atoms with Gasteiger partial charge in [-0.05, 0) is 80.7 Å². The normalized spacial score (nSPS) is 20.5. The minimum atomic E-state index is -0.621. The third-order valence-corrected chi connectivity index (χ3v) is 7.45. The van der Waals surface area contributed by atoms with E-state index in [2.05, 4.69) is 0 Å². The Kier molecular flexibility index (Phi) is 10.1. The van der Waals surface area contributed by atoms with E-state index in [0.29, 0.717) is 52.6 Å². The molecule has 1 saturated carbocycles. The zero-order valence-electron chi connectivity index (χ0n) is 23.3. The number of carbonyl (C=O) groups is 2. The van der Waals surface area contributed by atoms with Crippen molar-refractivity contribution in [2.45, 2.75) is 51.0 Å². The lowest BCUT2D eigenvalue weighted by molar-refractivity contribution is -0.281. The van der Waals surface area contributed by atoms with Crippen LogP contribution in [0.5, 0.6) is 23.0 Å². The number of ether oxygens (including phenoxy) is 4. The van der Waals surface area contributed by atoms with Crippen molar-refractivity contribution in [2.24, 2.45) is 11.8 Å². The lowest BCUT2D eigenvalue weighted by atomic mass is 9.74. The van der Waals surface area contributed by atoms with Gasteiger partial charge in [-0.3, -0.25) is 9.78 Å². The molecular weight excluding hydrogens is 520 g/mol. The standard InChI is InChI=1S/C30H36O10/c1-33-25-13-21(14-26(17-25)34-2)29(31)39-37-23-9-5-19(6-10-23)20-7-11-24(12-8-20)38-40-30(32)22-15-27(35-3)18-28(16-22)36-4/h9,13-20,24H,5-8,10-12H2,1-4H3. The third kappa shape index (κ3) is 7.59. The largest absolute Gasteiger partial charge is 0.497 e. The van der Waals surface area contributed by atoms with Crippen LogP contribution in [0, 0.1) is 11.8 Å². The SMILES string of the molecule is COc1cc(OC)cc(C(=O)OOC2=CCC(C3CCC(OOC(=O)c4cc(OC)cc(OC)c4)CC3)CC2)c1. The molecule has 1 unspecified atom stereocenters. The zero-order valence-corrected chi connectivity index (χ0v) is 23.3. The second-order valence-electron chi connectivity index (χ2n) is 9.87. The molecule has 2 aromatic carbocycles. The topological polar surface area (TPSA) is 108 Å². The molecule has 216 valence electrons. The maximum atomic E-state index is 12.5. The first-order valence-electron chi connectivity index (χ1n) is 13.3. The maximum Gasteiger partial charge on any atom is 0.386 e. The van der Waals surface area contributed by atoms with E-state index in [1.54, 1.807) is 36.4 Å². The van der Waals surface area contributed by atoms with Crippen LogP contribution in [0.3, 0.4) is 0 Å². The molecule has 0 saturated heterocycles. The highest BCUT2D eigenvalue weighted by Crippen LogP contribution is 2.39. The average Bonchev–Trinajstić information content (AvgIpc) is 3.02. The highest BCUT2D eigenvalue weighted by atomic mass is 17.2. The Balaban J connectivity index is 1.19. The van der Waals surface area contributed by atoms with Crippen molar-refractivity contribution >= 4 is 11.9 Å². The lowest BCUT2D eigenvalue weighted by Gasteiger charge is -2.34. The minimum Gasteiger partial charge on any atom is -0.497 e. The Bertz CT molecular complexity index is 1150. The molecule has 0 bridgehead atoms. The van der Waals surface area contributed by atoms with Crippen LogP contribution in [0.15, 0.2) is 48.2 Å². The van der Waals surface area contributed by atoms with E-state index in [0.717, 1.165) is 38.5 Å². The van der Waals surface area contributed by atoms with E-state index in [1.165, 1.54) is 28.4 Å². The smallest absolute Gasteiger partial charge is 0.386 e. The summed E-state index contributed by atoms with van der Waals surface area (Å²) in [4.78, 5) is 46.0. The molecule has 2 aromatic rings. The molecular formula is C30H36O10. The van der Waals surface area contributed by atoms with Crippen molar-refractivity contribution in [1.82, 2.24) is 0 Å². The second-order valence-corrected chi connectivity index (χ2v) is 9.87. The number of carbonyl (C=O) groups excluding carboxylic acids is 2. The van der Waals surface area contributed by atoms with Crippen molar-refractivity contribution in [3.63, 3.8) is 0 Å². The number of hydrogen-bond donors (Lipinski definition) is 0. The van der Waals surface area contributed by atoms with E-state index in [1.807, 2.05) is 6.08 Å². The second kappa shape index (κ2) is 13.9. The number of methoxy groups -OCH3 is 4. The Morgan fingerprint density at radius 1 is 0.625 bits per heavy atom. The first-order chi connectivity index (χ1) is 19.4. The summed E-state index contributed by atoms with van der Waals surface area (Å²) in [6.45, 7) is 0. The molecule has 0 N–H and O–H groups in total. The zero-order chi connectivity index (χ0) is 28.5. The highest BCUT2D eigenvalue weighted by Gasteiger charge is 2.31. The molecule has 0 heterocycles. The summed E-state index contributed by atoms with van der Waals surface area (Å²) in [5.74, 6) is 2.47. The maximum absolute atomic E-state index is 12.5. The van der Waals surface area contributed by atoms with Crippen LogP contribution < -0.4 is 18.9 Å². The Labute approximate surface area is 233 Å². The van der Waals surface area contributed by atoms with Gasteiger partial charge in [0.25, 0.3) is 0 Å². The predicted octanol–water partition coefficient (Wildman–Crippen LogP) is 5.84. The fourth-order valence-electron chi connectivity index (χ4n) is 5.14. The minimum absolute atomic E-state index is 0.139. The fourth-order valence-corrected chi connectivity index (χ4v) is 5.14. The summed E-state index contributed by atoms with van der Waals surface area (Å²) in [6.07, 6.45) is 7.93. The van der Waals surface area contributed by atoms with Crippen molar-refractivity contribution in [2.75, 3.05) is 28.4 Å². The number of allylic oxidation sites excluding steroid dienone is 2. The van der Waals surface area contributed by atoms with Crippen LogP contribution in [-0.4, -0.2) is 46.5 Å². The van der Waals surface area contributed by atoms with Crippen LogP contribution in [0.4, 0.5) is 0 Å². The molecule has 0 aromatic heterocycles. The molecule has 0 spiro atoms. The third-order valence-electron chi connectivity index (χ3n) is 7.45. The van der Waals surface area contributed by atoms with Gasteiger partial charge in [0.1, 0.15) is 29.1 Å². The first-order valence-corrected chi connectivity index (χ1v) is 13.3. The molecule has 1 atom stereocenters. The van der Waals surface area contributed by atoms with Crippen molar-refractivity contribution < 1.29 is 48.1 Å². The van der Waals surface area contributed by atoms with Crippen LogP contribution in [-0.2, 0) is 19.6 Å². The van der Waals surface area contributed by atoms with Gasteiger partial charge in [0.15, 0.2) is 5.76 Å². The predicted molar refractivity (Wildman–Crippen MR) is 143 cm³/mol. The van der Waals surface area contributed by atoms with Gasteiger partial charge in [-0.1, -0.05) is 0 Å². The average molecular weight is 557 g/mol. The number of benzene rings is 2. The molecule has 10 nitrogen and oxygen atoms in total. The van der Waals surface area contributed by atoms with Gasteiger partial charge in [0, 0.05) is 18.6 Å². The summed E-state index contributed by atoms with van der Waals surface area (Å²) in [6, 6.07) is 9.65. The summed E-state index contributed by atoms with van der Waals surface area (Å²) in [7, 11) is 6.06. The molecule has 4 rings (SSSR count). The van der Waals surface area contributed by atoms with Gasteiger partial charge in [-0.25, -0.2) is 14.5 Å². The summed E-state index contributed by atoms with van der Waals surface area (Å²) in [5, 5.41) is 0. The highest BCUT2D eigenvalue weighted by molar-refractivity contribution is 5.90. The molecule has 0 radical (unpaired) electrons. The molecule has 2 aliphatic carbocycles. The summed E-state index contributed by atoms with van der Waals surface area (Å²) >= 11 is 0. The van der Waals surface area contributed by atoms with Gasteiger partial charge >= 0.3 is 11.9 Å². The number of rotatable bonds is 11. The van der Waals surface area contributed by atoms with Crippen LogP contribution in [0.1, 0.15) is 65.7 Å². The monoisotopic (exact) mass is 556 g/mol. The van der Waals surface area contributed by atoms with E-state index in [4.69, 9.17) is 38.5 Å². The molecule has 1 fully saturated rings. The van der Waals surface area contributed by atoms with Gasteiger partial charge in [0.05, 0.1) is 39.6 Å². The molecule has 10 heteroatoms. The summed E-state index contributed by atoms with van der Waals surface area (Å²) in [5.41, 5.74) is 0.573. The van der Waals surface area contributed by atoms with Crippen molar-refractivity contribution in [3.8, 4) is 23.0 Å². The van der Waals surface area contributed by atoms with Gasteiger partial charge < -0.3 is 18.9 Å².